The molecule has 1 aliphatic heterocycles. The average molecular weight is 373 g/mol. The predicted molar refractivity (Wildman–Crippen MR) is 111 cm³/mol. The summed E-state index contributed by atoms with van der Waals surface area (Å²) in [7, 11) is -1.35. The highest BCUT2D eigenvalue weighted by molar-refractivity contribution is 7.80. The second-order valence-corrected chi connectivity index (χ2v) is 9.53. The minimum absolute atomic E-state index is 0.373. The van der Waals surface area contributed by atoms with Gasteiger partial charge in [0, 0.05) is 23.2 Å². The van der Waals surface area contributed by atoms with E-state index < -0.39 is 7.29 Å². The summed E-state index contributed by atoms with van der Waals surface area (Å²) in [6.07, 6.45) is 0. The van der Waals surface area contributed by atoms with Crippen LogP contribution in [-0.4, -0.2) is 7.05 Å². The molecule has 2 nitrogen and oxygen atoms in total. The maximum absolute atomic E-state index is 14.4. The van der Waals surface area contributed by atoms with Gasteiger partial charge in [0.25, 0.3) is 0 Å². The number of anilines is 1. The molecule has 0 saturated carbocycles. The summed E-state index contributed by atoms with van der Waals surface area (Å²) in [5.74, 6) is -0.373. The van der Waals surface area contributed by atoms with Crippen molar-refractivity contribution in [3.8, 4) is 11.1 Å². The van der Waals surface area contributed by atoms with E-state index >= 15 is 0 Å². The fraction of sp³-hybridized carbons (Fsp3) is 0.0435. The van der Waals surface area contributed by atoms with Crippen LogP contribution in [0.5, 0.6) is 0 Å². The number of hydrogen-bond donors (Lipinski definition) is 0. The molecule has 0 spiro atoms. The summed E-state index contributed by atoms with van der Waals surface area (Å²) >= 11 is 0. The number of nitrogens with zero attached hydrogens (tertiary/aromatic N) is 1. The normalized spacial score (nSPS) is 18.2. The summed E-state index contributed by atoms with van der Waals surface area (Å²) in [5, 5.41) is 3.45. The lowest BCUT2D eigenvalue weighted by atomic mass is 9.96. The maximum atomic E-state index is 14.4. The Morgan fingerprint density at radius 2 is 1.59 bits per heavy atom. The van der Waals surface area contributed by atoms with Crippen LogP contribution < -0.4 is 15.3 Å². The van der Waals surface area contributed by atoms with E-state index in [1.807, 2.05) is 60.2 Å². The molecule has 132 valence electrons. The monoisotopic (exact) mass is 373 g/mol. The number of benzene rings is 4. The zero-order chi connectivity index (χ0) is 18.6. The molecule has 0 bridgehead atoms. The molecule has 1 heterocycles. The van der Waals surface area contributed by atoms with E-state index in [-0.39, 0.29) is 5.82 Å². The second-order valence-electron chi connectivity index (χ2n) is 6.78. The molecule has 27 heavy (non-hydrogen) atoms. The number of rotatable bonds is 1. The molecule has 4 heteroatoms. The Hall–Kier alpha value is -2.90. The van der Waals surface area contributed by atoms with Crippen molar-refractivity contribution >= 4 is 34.4 Å². The fourth-order valence-electron chi connectivity index (χ4n) is 4.04. The van der Waals surface area contributed by atoms with Gasteiger partial charge in [-0.05, 0) is 46.7 Å². The first-order valence-electron chi connectivity index (χ1n) is 8.83. The molecular formula is C23H17FNOP. The zero-order valence-electron chi connectivity index (χ0n) is 14.8. The van der Waals surface area contributed by atoms with Gasteiger partial charge in [0.2, 0.25) is 7.29 Å². The van der Waals surface area contributed by atoms with Gasteiger partial charge in [-0.2, -0.15) is 0 Å². The number of halogens is 1. The highest BCUT2D eigenvalue weighted by atomic mass is 31.2. The molecule has 0 saturated heterocycles. The summed E-state index contributed by atoms with van der Waals surface area (Å²) in [6.45, 7) is 0. The number of fused-ring (bicyclic) bond motifs is 5. The van der Waals surface area contributed by atoms with E-state index in [0.29, 0.717) is 10.6 Å². The van der Waals surface area contributed by atoms with E-state index in [0.717, 1.165) is 27.6 Å². The first-order chi connectivity index (χ1) is 13.1. The molecular weight excluding hydrogens is 356 g/mol. The van der Waals surface area contributed by atoms with Crippen molar-refractivity contribution in [2.24, 2.45) is 0 Å². The van der Waals surface area contributed by atoms with Crippen LogP contribution in [0.4, 0.5) is 10.1 Å². The van der Waals surface area contributed by atoms with Crippen LogP contribution in [0, 0.1) is 5.82 Å². The molecule has 1 atom stereocenters. The van der Waals surface area contributed by atoms with Gasteiger partial charge >= 0.3 is 0 Å². The van der Waals surface area contributed by atoms with Gasteiger partial charge in [0.15, 0.2) is 0 Å². The van der Waals surface area contributed by atoms with Crippen molar-refractivity contribution in [2.75, 3.05) is 11.7 Å². The zero-order valence-corrected chi connectivity index (χ0v) is 15.7. The van der Waals surface area contributed by atoms with E-state index in [1.54, 1.807) is 6.07 Å². The van der Waals surface area contributed by atoms with Crippen LogP contribution in [0.3, 0.4) is 0 Å². The molecule has 0 N–H and O–H groups in total. The van der Waals surface area contributed by atoms with E-state index in [1.165, 1.54) is 12.1 Å². The van der Waals surface area contributed by atoms with Gasteiger partial charge in [-0.1, -0.05) is 54.6 Å². The lowest BCUT2D eigenvalue weighted by Gasteiger charge is -2.38. The van der Waals surface area contributed by atoms with Gasteiger partial charge in [0.05, 0.1) is 5.69 Å². The Kier molecular flexibility index (Phi) is 3.50. The third-order valence-corrected chi connectivity index (χ3v) is 8.42. The largest absolute Gasteiger partial charge is 0.318 e. The topological polar surface area (TPSA) is 20.3 Å². The molecule has 0 aromatic heterocycles. The Bertz CT molecular complexity index is 1240. The predicted octanol–water partition coefficient (Wildman–Crippen LogP) is 5.32. The number of hydrogen-bond acceptors (Lipinski definition) is 1. The third-order valence-electron chi connectivity index (χ3n) is 5.34. The van der Waals surface area contributed by atoms with Crippen molar-refractivity contribution in [3.63, 3.8) is 0 Å². The quantitative estimate of drug-likeness (QED) is 0.421. The van der Waals surface area contributed by atoms with Crippen LogP contribution in [0.1, 0.15) is 0 Å². The average Bonchev–Trinajstić information content (AvgIpc) is 2.72. The fourth-order valence-corrected chi connectivity index (χ4v) is 6.84. The summed E-state index contributed by atoms with van der Waals surface area (Å²) in [5.41, 5.74) is 2.75. The highest BCUT2D eigenvalue weighted by Crippen LogP contribution is 2.57. The van der Waals surface area contributed by atoms with Gasteiger partial charge < -0.3 is 4.67 Å². The van der Waals surface area contributed by atoms with Gasteiger partial charge in [-0.25, -0.2) is 4.39 Å². The lowest BCUT2D eigenvalue weighted by molar-refractivity contribution is 0.585. The molecule has 1 unspecified atom stereocenters. The Labute approximate surface area is 157 Å². The van der Waals surface area contributed by atoms with Gasteiger partial charge in [-0.15, -0.1) is 0 Å². The van der Waals surface area contributed by atoms with E-state index in [2.05, 4.69) is 18.2 Å². The molecule has 1 aliphatic rings. The minimum Gasteiger partial charge on any atom is -0.318 e. The summed E-state index contributed by atoms with van der Waals surface area (Å²) in [6, 6.07) is 26.2. The minimum atomic E-state index is -3.19. The van der Waals surface area contributed by atoms with Crippen molar-refractivity contribution < 1.29 is 8.96 Å². The SMILES string of the molecule is CN1c2ccc3ccccc3c2-c2ccc(F)cc2P1(=O)c1ccccc1. The first kappa shape index (κ1) is 16.3. The van der Waals surface area contributed by atoms with Crippen molar-refractivity contribution in [3.05, 3.63) is 90.7 Å². The maximum Gasteiger partial charge on any atom is 0.230 e. The molecule has 0 fully saturated rings. The van der Waals surface area contributed by atoms with Crippen molar-refractivity contribution in [2.45, 2.75) is 0 Å². The van der Waals surface area contributed by atoms with Crippen molar-refractivity contribution in [1.29, 1.82) is 0 Å². The molecule has 5 rings (SSSR count). The van der Waals surface area contributed by atoms with Crippen LogP contribution in [0.2, 0.25) is 0 Å². The highest BCUT2D eigenvalue weighted by Gasteiger charge is 2.40. The second kappa shape index (κ2) is 5.80. The molecule has 0 amide bonds. The van der Waals surface area contributed by atoms with Gasteiger partial charge in [0.1, 0.15) is 5.82 Å². The standard InChI is InChI=1S/C23H17FNOP/c1-25-21-14-11-16-7-5-6-10-19(16)23(21)20-13-12-17(24)15-22(20)27(25,26)18-8-3-2-4-9-18/h2-15H,1H3. The van der Waals surface area contributed by atoms with Crippen LogP contribution in [0.25, 0.3) is 21.9 Å². The van der Waals surface area contributed by atoms with E-state index in [4.69, 9.17) is 0 Å². The Morgan fingerprint density at radius 3 is 2.41 bits per heavy atom. The first-order valence-corrected chi connectivity index (χ1v) is 10.5. The van der Waals surface area contributed by atoms with Crippen molar-refractivity contribution in [1.82, 2.24) is 0 Å². The van der Waals surface area contributed by atoms with Gasteiger partial charge in [-0.3, -0.25) is 4.57 Å². The summed E-state index contributed by atoms with van der Waals surface area (Å²) in [4.78, 5) is 0. The van der Waals surface area contributed by atoms with Crippen LogP contribution >= 0.6 is 7.29 Å². The van der Waals surface area contributed by atoms with E-state index in [9.17, 15) is 8.96 Å². The lowest BCUT2D eigenvalue weighted by Crippen LogP contribution is -2.34. The molecule has 4 aromatic rings. The third kappa shape index (κ3) is 2.22. The molecule has 0 radical (unpaired) electrons. The van der Waals surface area contributed by atoms with Crippen LogP contribution in [0.15, 0.2) is 84.9 Å². The van der Waals surface area contributed by atoms with Crippen LogP contribution in [-0.2, 0) is 4.57 Å². The smallest absolute Gasteiger partial charge is 0.230 e. The molecule has 4 aromatic carbocycles. The summed E-state index contributed by atoms with van der Waals surface area (Å²) < 4.78 is 30.5. The Morgan fingerprint density at radius 1 is 0.852 bits per heavy atom. The molecule has 0 aliphatic carbocycles. The Balaban J connectivity index is 1.93.